The number of nitrogens with zero attached hydrogens (tertiary/aromatic N) is 1. The van der Waals surface area contributed by atoms with E-state index in [0.29, 0.717) is 5.56 Å². The molecule has 2 N–H and O–H groups in total. The molecule has 0 saturated carbocycles. The number of hydrogen-bond donors (Lipinski definition) is 2. The number of nitrogens with one attached hydrogen (secondary N) is 1. The van der Waals surface area contributed by atoms with Gasteiger partial charge in [-0.15, -0.1) is 0 Å². The fourth-order valence-corrected chi connectivity index (χ4v) is 2.65. The quantitative estimate of drug-likeness (QED) is 0.414. The Morgan fingerprint density at radius 1 is 1.11 bits per heavy atom. The van der Waals surface area contributed by atoms with E-state index in [4.69, 9.17) is 23.2 Å². The Kier molecular flexibility index (Phi) is 6.37. The van der Waals surface area contributed by atoms with Gasteiger partial charge in [0.05, 0.1) is 5.56 Å². The zero-order valence-electron chi connectivity index (χ0n) is 13.4. The molecule has 2 aromatic rings. The predicted molar refractivity (Wildman–Crippen MR) is 94.9 cm³/mol. The molecular weight excluding hydrogens is 404 g/mol. The number of rotatable bonds is 4. The van der Waals surface area contributed by atoms with Crippen molar-refractivity contribution in [1.82, 2.24) is 5.32 Å². The average molecular weight is 415 g/mol. The third-order valence-electron chi connectivity index (χ3n) is 3.45. The smallest absolute Gasteiger partial charge is 0.416 e. The summed E-state index contributed by atoms with van der Waals surface area (Å²) in [5.41, 5.74) is -0.932. The van der Waals surface area contributed by atoms with Gasteiger partial charge in [-0.05, 0) is 35.9 Å². The maximum Gasteiger partial charge on any atom is 0.416 e. The molecule has 2 aromatic carbocycles. The van der Waals surface area contributed by atoms with Crippen LogP contribution in [-0.4, -0.2) is 11.0 Å². The summed E-state index contributed by atoms with van der Waals surface area (Å²) in [7, 11) is 0. The number of benzene rings is 2. The van der Waals surface area contributed by atoms with Crippen LogP contribution in [0.5, 0.6) is 0 Å². The average Bonchev–Trinajstić information content (AvgIpc) is 2.59. The summed E-state index contributed by atoms with van der Waals surface area (Å²) in [5.74, 6) is -1.52. The van der Waals surface area contributed by atoms with Gasteiger partial charge in [-0.25, -0.2) is 0 Å². The van der Waals surface area contributed by atoms with Crippen molar-refractivity contribution in [2.75, 3.05) is 0 Å². The zero-order valence-corrected chi connectivity index (χ0v) is 15.0. The van der Waals surface area contributed by atoms with E-state index in [1.807, 2.05) is 0 Å². The first-order valence-corrected chi connectivity index (χ1v) is 8.11. The lowest BCUT2D eigenvalue weighted by Crippen LogP contribution is -2.25. The molecule has 9 heteroatoms. The van der Waals surface area contributed by atoms with E-state index in [2.05, 4.69) is 5.32 Å². The van der Waals surface area contributed by atoms with Crippen LogP contribution in [0.3, 0.4) is 0 Å². The molecule has 4 nitrogen and oxygen atoms in total. The van der Waals surface area contributed by atoms with E-state index >= 15 is 0 Å². The van der Waals surface area contributed by atoms with Gasteiger partial charge in [0.25, 0.3) is 5.91 Å². The van der Waals surface area contributed by atoms with Crippen molar-refractivity contribution in [3.8, 4) is 6.07 Å². The van der Waals surface area contributed by atoms with Gasteiger partial charge in [0, 0.05) is 22.2 Å². The fraction of sp³-hybridized carbons (Fsp3) is 0.111. The second-order valence-electron chi connectivity index (χ2n) is 5.37. The monoisotopic (exact) mass is 414 g/mol. The van der Waals surface area contributed by atoms with Crippen molar-refractivity contribution in [1.29, 1.82) is 5.26 Å². The van der Waals surface area contributed by atoms with Gasteiger partial charge in [0.2, 0.25) is 0 Å². The molecule has 0 radical (unpaired) electrons. The minimum atomic E-state index is -4.46. The Morgan fingerprint density at radius 2 is 1.67 bits per heavy atom. The van der Waals surface area contributed by atoms with Gasteiger partial charge in [0.1, 0.15) is 11.8 Å². The van der Waals surface area contributed by atoms with Crippen molar-refractivity contribution in [3.05, 3.63) is 74.8 Å². The third-order valence-corrected chi connectivity index (χ3v) is 3.88. The summed E-state index contributed by atoms with van der Waals surface area (Å²) in [5, 5.41) is 22.1. The maximum absolute atomic E-state index is 12.5. The van der Waals surface area contributed by atoms with Gasteiger partial charge in [0.15, 0.2) is 5.57 Å². The van der Waals surface area contributed by atoms with E-state index in [0.717, 1.165) is 12.1 Å². The highest BCUT2D eigenvalue weighted by Gasteiger charge is 2.29. The Bertz CT molecular complexity index is 913. The van der Waals surface area contributed by atoms with Crippen molar-refractivity contribution >= 4 is 34.9 Å². The second kappa shape index (κ2) is 8.33. The molecule has 0 fully saturated rings. The predicted octanol–water partition coefficient (Wildman–Crippen LogP) is 5.12. The number of carbonyl (C=O) groups is 1. The van der Waals surface area contributed by atoms with Crippen LogP contribution in [0.2, 0.25) is 10.0 Å². The Hall–Kier alpha value is -2.69. The normalized spacial score (nSPS) is 12.1. The standard InChI is InChI=1S/C18H11Cl2F3N2O2/c19-13-5-11(6-14(20)7-13)16(26)15(8-24)17(27)25-9-10-1-3-12(4-2-10)18(21,22)23/h1-7,26H,9H2,(H,25,27). The lowest BCUT2D eigenvalue weighted by Gasteiger charge is -2.09. The molecule has 0 saturated heterocycles. The van der Waals surface area contributed by atoms with Crippen molar-refractivity contribution in [3.63, 3.8) is 0 Å². The summed E-state index contributed by atoms with van der Waals surface area (Å²) in [6, 6.07) is 9.82. The highest BCUT2D eigenvalue weighted by atomic mass is 35.5. The molecule has 0 unspecified atom stereocenters. The van der Waals surface area contributed by atoms with Gasteiger partial charge in [-0.1, -0.05) is 35.3 Å². The summed E-state index contributed by atoms with van der Waals surface area (Å²) >= 11 is 11.7. The van der Waals surface area contributed by atoms with Crippen molar-refractivity contribution in [2.45, 2.75) is 12.7 Å². The number of carbonyl (C=O) groups excluding carboxylic acids is 1. The molecule has 0 spiro atoms. The molecule has 0 atom stereocenters. The van der Waals surface area contributed by atoms with E-state index < -0.39 is 29.0 Å². The highest BCUT2D eigenvalue weighted by molar-refractivity contribution is 6.34. The van der Waals surface area contributed by atoms with E-state index in [-0.39, 0.29) is 22.2 Å². The molecule has 27 heavy (non-hydrogen) atoms. The van der Waals surface area contributed by atoms with Crippen LogP contribution in [-0.2, 0) is 17.5 Å². The molecule has 0 aliphatic heterocycles. The topological polar surface area (TPSA) is 73.1 Å². The zero-order chi connectivity index (χ0) is 20.2. The number of amides is 1. The first kappa shape index (κ1) is 20.6. The van der Waals surface area contributed by atoms with Crippen LogP contribution in [0.4, 0.5) is 13.2 Å². The minimum absolute atomic E-state index is 0.0775. The van der Waals surface area contributed by atoms with Crippen LogP contribution in [0.25, 0.3) is 5.76 Å². The van der Waals surface area contributed by atoms with Gasteiger partial charge >= 0.3 is 6.18 Å². The van der Waals surface area contributed by atoms with E-state index in [9.17, 15) is 28.3 Å². The fourth-order valence-electron chi connectivity index (χ4n) is 2.13. The number of halogens is 5. The van der Waals surface area contributed by atoms with Crippen LogP contribution < -0.4 is 5.32 Å². The molecule has 0 aliphatic rings. The first-order chi connectivity index (χ1) is 12.6. The third kappa shape index (κ3) is 5.39. The Labute approximate surface area is 162 Å². The highest BCUT2D eigenvalue weighted by Crippen LogP contribution is 2.29. The number of hydrogen-bond acceptors (Lipinski definition) is 3. The van der Waals surface area contributed by atoms with Gasteiger partial charge < -0.3 is 10.4 Å². The van der Waals surface area contributed by atoms with Crippen molar-refractivity contribution < 1.29 is 23.1 Å². The van der Waals surface area contributed by atoms with Crippen LogP contribution in [0, 0.1) is 11.3 Å². The molecule has 0 heterocycles. The molecule has 0 aliphatic carbocycles. The van der Waals surface area contributed by atoms with Crippen LogP contribution in [0.1, 0.15) is 16.7 Å². The van der Waals surface area contributed by atoms with Crippen LogP contribution >= 0.6 is 23.2 Å². The van der Waals surface area contributed by atoms with Crippen molar-refractivity contribution in [2.24, 2.45) is 0 Å². The minimum Gasteiger partial charge on any atom is -0.506 e. The molecule has 140 valence electrons. The summed E-state index contributed by atoms with van der Waals surface area (Å²) in [4.78, 5) is 12.2. The van der Waals surface area contributed by atoms with Gasteiger partial charge in [-0.2, -0.15) is 18.4 Å². The summed E-state index contributed by atoms with van der Waals surface area (Å²) in [6.45, 7) is -0.133. The lowest BCUT2D eigenvalue weighted by atomic mass is 10.1. The number of alkyl halides is 3. The van der Waals surface area contributed by atoms with Crippen LogP contribution in [0.15, 0.2) is 48.0 Å². The molecular formula is C18H11Cl2F3N2O2. The Morgan fingerprint density at radius 3 is 2.15 bits per heavy atom. The largest absolute Gasteiger partial charge is 0.506 e. The number of nitriles is 1. The van der Waals surface area contributed by atoms with E-state index in [1.54, 1.807) is 6.07 Å². The van der Waals surface area contributed by atoms with Gasteiger partial charge in [-0.3, -0.25) is 4.79 Å². The Balaban J connectivity index is 2.16. The van der Waals surface area contributed by atoms with E-state index in [1.165, 1.54) is 30.3 Å². The lowest BCUT2D eigenvalue weighted by molar-refractivity contribution is -0.137. The number of aliphatic hydroxyl groups excluding tert-OH is 1. The second-order valence-corrected chi connectivity index (χ2v) is 6.24. The molecule has 1 amide bonds. The molecule has 2 rings (SSSR count). The first-order valence-electron chi connectivity index (χ1n) is 7.36. The molecule has 0 bridgehead atoms. The summed E-state index contributed by atoms with van der Waals surface area (Å²) < 4.78 is 37.6. The molecule has 0 aromatic heterocycles. The SMILES string of the molecule is N#CC(C(=O)NCc1ccc(C(F)(F)F)cc1)=C(O)c1cc(Cl)cc(Cl)c1. The number of aliphatic hydroxyl groups is 1. The maximum atomic E-state index is 12.5. The summed E-state index contributed by atoms with van der Waals surface area (Å²) in [6.07, 6.45) is -4.46.